The third-order valence-electron chi connectivity index (χ3n) is 10.1. The van der Waals surface area contributed by atoms with Crippen molar-refractivity contribution in [1.29, 1.82) is 0 Å². The topological polar surface area (TPSA) is 162 Å². The molecule has 0 bridgehead atoms. The first-order valence-electron chi connectivity index (χ1n) is 18.2. The van der Waals surface area contributed by atoms with Crippen LogP contribution < -0.4 is 10.0 Å². The first-order valence-corrected chi connectivity index (χ1v) is 20.5. The zero-order valence-corrected chi connectivity index (χ0v) is 33.7. The molecule has 0 radical (unpaired) electrons. The fourth-order valence-corrected chi connectivity index (χ4v) is 8.35. The van der Waals surface area contributed by atoms with Gasteiger partial charge in [-0.1, -0.05) is 35.4 Å². The number of fused-ring (bicyclic) bond motifs is 4. The lowest BCUT2D eigenvalue weighted by Gasteiger charge is -2.24. The molecule has 320 valence electrons. The van der Waals surface area contributed by atoms with Crippen LogP contribution in [0.25, 0.3) is 22.0 Å². The van der Waals surface area contributed by atoms with Crippen molar-refractivity contribution in [2.75, 3.05) is 11.0 Å². The van der Waals surface area contributed by atoms with E-state index in [4.69, 9.17) is 16.6 Å². The number of halogens is 8. The molecule has 0 saturated carbocycles. The molecule has 4 aromatic heterocycles. The average molecular weight is 900 g/mol. The van der Waals surface area contributed by atoms with Crippen LogP contribution >= 0.6 is 11.6 Å². The fourth-order valence-electron chi connectivity index (χ4n) is 7.61. The standard InChI is InChI=1S/C40H29ClF7N9O4S/c1-55-16-29(49-18-55)30(58)11-5-22-4-6-23(24-8-10-27(41)33-35(24)56(2)53-38(33)54-62(3,60)61)34(50-22)28(14-19-12-20(42)15-21(43)13-19)51-31(59)17-57-37-32(36(52-57)40(46,47)48)25-7-9-26(25)39(37,44)45/h4,6,8,10,12-13,15-16,18,25-26,28,30,58H,14,17H2,1-3H3,(H,51,59)(H,53,54)/t25-,26+,28-,30-/m0/s1. The maximum atomic E-state index is 15.6. The number of hydrogen-bond acceptors (Lipinski definition) is 8. The number of aliphatic hydroxyl groups excluding tert-OH is 1. The second-order valence-corrected chi connectivity index (χ2v) is 16.8. The first-order chi connectivity index (χ1) is 29.1. The summed E-state index contributed by atoms with van der Waals surface area (Å²) in [5.74, 6) is -0.466. The number of nitrogens with one attached hydrogen (secondary N) is 2. The van der Waals surface area contributed by atoms with Gasteiger partial charge in [-0.2, -0.15) is 32.1 Å². The van der Waals surface area contributed by atoms with Crippen molar-refractivity contribution >= 4 is 44.3 Å². The zero-order valence-electron chi connectivity index (χ0n) is 32.2. The third-order valence-corrected chi connectivity index (χ3v) is 11.0. The number of aromatic nitrogens is 7. The van der Waals surface area contributed by atoms with Gasteiger partial charge in [0.25, 0.3) is 0 Å². The van der Waals surface area contributed by atoms with Gasteiger partial charge in [0.15, 0.2) is 17.6 Å². The summed E-state index contributed by atoms with van der Waals surface area (Å²) in [6.45, 7) is -1.17. The quantitative estimate of drug-likeness (QED) is 0.113. The smallest absolute Gasteiger partial charge is 0.374 e. The molecule has 13 nitrogen and oxygen atoms in total. The van der Waals surface area contributed by atoms with Crippen LogP contribution in [-0.4, -0.2) is 59.8 Å². The van der Waals surface area contributed by atoms with E-state index in [-0.39, 0.29) is 60.2 Å². The Morgan fingerprint density at radius 1 is 1.06 bits per heavy atom. The van der Waals surface area contributed by atoms with Gasteiger partial charge in [0, 0.05) is 43.0 Å². The van der Waals surface area contributed by atoms with Crippen molar-refractivity contribution in [3.05, 3.63) is 111 Å². The molecule has 22 heteroatoms. The monoisotopic (exact) mass is 899 g/mol. The van der Waals surface area contributed by atoms with Gasteiger partial charge in [0.05, 0.1) is 51.9 Å². The first kappa shape index (κ1) is 42.3. The molecular formula is C40H29ClF7N9O4S. The molecule has 4 heterocycles. The van der Waals surface area contributed by atoms with Crippen molar-refractivity contribution in [3.8, 4) is 34.8 Å². The molecule has 1 amide bonds. The summed E-state index contributed by atoms with van der Waals surface area (Å²) < 4.78 is 133. The summed E-state index contributed by atoms with van der Waals surface area (Å²) in [5.41, 5.74) is -2.79. The fraction of sp³-hybridized carbons (Fsp3) is 0.275. The summed E-state index contributed by atoms with van der Waals surface area (Å²) in [6, 6.07) is 6.96. The predicted octanol–water partition coefficient (Wildman–Crippen LogP) is 5.89. The number of aryl methyl sites for hydroxylation is 2. The molecule has 0 aliphatic heterocycles. The van der Waals surface area contributed by atoms with Gasteiger partial charge in [0.2, 0.25) is 15.9 Å². The SMILES string of the molecule is Cn1cnc([C@@H](O)C#Cc2ccc(-c3ccc(Cl)c4c(NS(C)(=O)=O)nn(C)c34)c([C@H](Cc3cc(F)cc(F)c3)NC(=O)Cn3nc(C(F)(F)F)c4c3C(F)(F)[C@@H]3C#C[C@H]43)n2)c1. The minimum atomic E-state index is -5.17. The number of amides is 1. The van der Waals surface area contributed by atoms with E-state index in [9.17, 15) is 40.3 Å². The maximum Gasteiger partial charge on any atom is 0.435 e. The Kier molecular flexibility index (Phi) is 10.4. The Morgan fingerprint density at radius 3 is 2.40 bits per heavy atom. The minimum Gasteiger partial charge on any atom is -0.374 e. The second-order valence-electron chi connectivity index (χ2n) is 14.7. The van der Waals surface area contributed by atoms with Gasteiger partial charge in [-0.3, -0.25) is 18.9 Å². The number of alkyl halides is 5. The van der Waals surface area contributed by atoms with Crippen LogP contribution in [0.15, 0.2) is 55.0 Å². The number of carbonyl (C=O) groups is 1. The Hall–Kier alpha value is -6.42. The van der Waals surface area contributed by atoms with Gasteiger partial charge in [-0.15, -0.1) is 0 Å². The number of nitrogens with zero attached hydrogens (tertiary/aromatic N) is 7. The summed E-state index contributed by atoms with van der Waals surface area (Å²) in [7, 11) is -0.716. The summed E-state index contributed by atoms with van der Waals surface area (Å²) in [6.07, 6.45) is -3.14. The number of benzene rings is 2. The maximum absolute atomic E-state index is 15.6. The molecule has 0 unspecified atom stereocenters. The molecule has 0 spiro atoms. The highest BCUT2D eigenvalue weighted by Gasteiger charge is 2.62. The molecule has 2 aliphatic rings. The number of aliphatic hydroxyl groups is 1. The second kappa shape index (κ2) is 15.2. The largest absolute Gasteiger partial charge is 0.435 e. The minimum absolute atomic E-state index is 0.0205. The van der Waals surface area contributed by atoms with Gasteiger partial charge >= 0.3 is 12.1 Å². The lowest BCUT2D eigenvalue weighted by atomic mass is 9.84. The third kappa shape index (κ3) is 7.83. The van der Waals surface area contributed by atoms with E-state index in [1.165, 1.54) is 48.5 Å². The number of pyridine rings is 1. The van der Waals surface area contributed by atoms with E-state index >= 15 is 8.78 Å². The van der Waals surface area contributed by atoms with Crippen LogP contribution in [0.3, 0.4) is 0 Å². The molecule has 2 aromatic carbocycles. The lowest BCUT2D eigenvalue weighted by Crippen LogP contribution is -2.36. The number of anilines is 1. The molecule has 3 N–H and O–H groups in total. The normalized spacial score (nSPS) is 17.2. The summed E-state index contributed by atoms with van der Waals surface area (Å²) in [5, 5.41) is 21.3. The van der Waals surface area contributed by atoms with Crippen LogP contribution in [0.2, 0.25) is 5.02 Å². The number of imidazole rings is 1. The van der Waals surface area contributed by atoms with Gasteiger partial charge < -0.3 is 15.0 Å². The highest BCUT2D eigenvalue weighted by Crippen LogP contribution is 2.58. The van der Waals surface area contributed by atoms with E-state index in [0.29, 0.717) is 6.07 Å². The van der Waals surface area contributed by atoms with Crippen molar-refractivity contribution in [2.45, 2.75) is 43.1 Å². The van der Waals surface area contributed by atoms with E-state index in [0.717, 1.165) is 18.4 Å². The number of rotatable bonds is 10. The molecule has 6 aromatic rings. The number of carbonyl (C=O) groups excluding carboxylic acids is 1. The van der Waals surface area contributed by atoms with Crippen LogP contribution in [0.4, 0.5) is 36.6 Å². The Balaban J connectivity index is 1.28. The van der Waals surface area contributed by atoms with Crippen LogP contribution in [-0.2, 0) is 54.0 Å². The van der Waals surface area contributed by atoms with E-state index in [1.807, 2.05) is 0 Å². The molecule has 2 aliphatic carbocycles. The Bertz CT molecular complexity index is 3070. The van der Waals surface area contributed by atoms with Crippen LogP contribution in [0, 0.1) is 41.2 Å². The number of sulfonamides is 1. The van der Waals surface area contributed by atoms with Crippen molar-refractivity contribution in [2.24, 2.45) is 20.0 Å². The van der Waals surface area contributed by atoms with Crippen molar-refractivity contribution < 1.29 is 49.1 Å². The van der Waals surface area contributed by atoms with Crippen LogP contribution in [0.5, 0.6) is 0 Å². The van der Waals surface area contributed by atoms with Crippen molar-refractivity contribution in [3.63, 3.8) is 0 Å². The molecule has 0 saturated heterocycles. The molecule has 4 atom stereocenters. The van der Waals surface area contributed by atoms with E-state index < -0.39 is 93.6 Å². The molecule has 8 rings (SSSR count). The average Bonchev–Trinajstić information content (AvgIpc) is 3.87. The Morgan fingerprint density at radius 2 is 1.77 bits per heavy atom. The van der Waals surface area contributed by atoms with Gasteiger partial charge in [-0.05, 0) is 48.2 Å². The van der Waals surface area contributed by atoms with Gasteiger partial charge in [-0.25, -0.2) is 27.2 Å². The summed E-state index contributed by atoms with van der Waals surface area (Å²) in [4.78, 5) is 22.8. The molecular weight excluding hydrogens is 871 g/mol. The van der Waals surface area contributed by atoms with Crippen molar-refractivity contribution in [1.82, 2.24) is 39.4 Å². The predicted molar refractivity (Wildman–Crippen MR) is 209 cm³/mol. The molecule has 0 fully saturated rings. The lowest BCUT2D eigenvalue weighted by molar-refractivity contribution is -0.142. The highest BCUT2D eigenvalue weighted by atomic mass is 35.5. The number of hydrogen-bond donors (Lipinski definition) is 3. The highest BCUT2D eigenvalue weighted by molar-refractivity contribution is 7.92. The van der Waals surface area contributed by atoms with E-state index in [2.05, 4.69) is 48.9 Å². The molecule has 62 heavy (non-hydrogen) atoms. The zero-order chi connectivity index (χ0) is 44.6. The Labute approximate surface area is 352 Å². The van der Waals surface area contributed by atoms with Crippen LogP contribution in [0.1, 0.15) is 57.7 Å². The summed E-state index contributed by atoms with van der Waals surface area (Å²) >= 11 is 6.59. The van der Waals surface area contributed by atoms with Gasteiger partial charge in [0.1, 0.15) is 35.5 Å². The van der Waals surface area contributed by atoms with E-state index in [1.54, 1.807) is 11.6 Å².